The predicted octanol–water partition coefficient (Wildman–Crippen LogP) is 0.412. The standard InChI is InChI=1S/C14H25N5OS/c1-18-6-3-7-19(9-8-18)10-13(20)16-5-2-4-12-11-21-14(15)17-12/h11H,2-10H2,1H3,(H2,15,17)(H,16,20). The molecule has 1 aliphatic rings. The van der Waals surface area contributed by atoms with Gasteiger partial charge in [0.2, 0.25) is 5.91 Å². The maximum Gasteiger partial charge on any atom is 0.234 e. The summed E-state index contributed by atoms with van der Waals surface area (Å²) < 4.78 is 0. The first kappa shape index (κ1) is 16.2. The highest BCUT2D eigenvalue weighted by Gasteiger charge is 2.14. The van der Waals surface area contributed by atoms with Gasteiger partial charge in [-0.15, -0.1) is 11.3 Å². The summed E-state index contributed by atoms with van der Waals surface area (Å²) in [5, 5.41) is 5.58. The molecule has 1 aliphatic heterocycles. The van der Waals surface area contributed by atoms with Crippen LogP contribution in [0.15, 0.2) is 5.38 Å². The van der Waals surface area contributed by atoms with Crippen LogP contribution < -0.4 is 11.1 Å². The molecule has 7 heteroatoms. The highest BCUT2D eigenvalue weighted by atomic mass is 32.1. The Bertz CT molecular complexity index is 450. The lowest BCUT2D eigenvalue weighted by atomic mass is 10.2. The van der Waals surface area contributed by atoms with Crippen molar-refractivity contribution in [3.63, 3.8) is 0 Å². The lowest BCUT2D eigenvalue weighted by Crippen LogP contribution is -2.39. The molecule has 6 nitrogen and oxygen atoms in total. The Morgan fingerprint density at radius 3 is 3.05 bits per heavy atom. The van der Waals surface area contributed by atoms with Gasteiger partial charge in [0.15, 0.2) is 5.13 Å². The van der Waals surface area contributed by atoms with Crippen LogP contribution in [0.5, 0.6) is 0 Å². The minimum absolute atomic E-state index is 0.123. The highest BCUT2D eigenvalue weighted by molar-refractivity contribution is 7.13. The molecule has 1 aromatic rings. The number of amides is 1. The fourth-order valence-electron chi connectivity index (χ4n) is 2.45. The molecular weight excluding hydrogens is 286 g/mol. The molecule has 1 aromatic heterocycles. The van der Waals surface area contributed by atoms with Gasteiger partial charge >= 0.3 is 0 Å². The van der Waals surface area contributed by atoms with E-state index in [1.165, 1.54) is 11.3 Å². The second kappa shape index (κ2) is 8.31. The average Bonchev–Trinajstić information content (AvgIpc) is 2.75. The van der Waals surface area contributed by atoms with Crippen molar-refractivity contribution < 1.29 is 4.79 Å². The van der Waals surface area contributed by atoms with Crippen LogP contribution in [0, 0.1) is 0 Å². The SMILES string of the molecule is CN1CCCN(CC(=O)NCCCc2csc(N)n2)CC1. The lowest BCUT2D eigenvalue weighted by Gasteiger charge is -2.19. The van der Waals surface area contributed by atoms with Crippen molar-refractivity contribution in [3.05, 3.63) is 11.1 Å². The molecule has 0 saturated carbocycles. The van der Waals surface area contributed by atoms with E-state index in [1.807, 2.05) is 5.38 Å². The van der Waals surface area contributed by atoms with Crippen molar-refractivity contribution in [2.45, 2.75) is 19.3 Å². The number of thiazole rings is 1. The monoisotopic (exact) mass is 311 g/mol. The first-order valence-corrected chi connectivity index (χ1v) is 8.39. The maximum absolute atomic E-state index is 11.9. The molecule has 0 atom stereocenters. The van der Waals surface area contributed by atoms with E-state index in [1.54, 1.807) is 0 Å². The molecule has 0 aromatic carbocycles. The lowest BCUT2D eigenvalue weighted by molar-refractivity contribution is -0.122. The average molecular weight is 311 g/mol. The van der Waals surface area contributed by atoms with Crippen LogP contribution in [0.2, 0.25) is 0 Å². The molecular formula is C14H25N5OS. The first-order valence-electron chi connectivity index (χ1n) is 7.51. The first-order chi connectivity index (χ1) is 10.1. The summed E-state index contributed by atoms with van der Waals surface area (Å²) in [6.07, 6.45) is 2.90. The largest absolute Gasteiger partial charge is 0.375 e. The fourth-order valence-corrected chi connectivity index (χ4v) is 3.05. The number of nitrogen functional groups attached to an aromatic ring is 1. The van der Waals surface area contributed by atoms with Gasteiger partial charge in [0.1, 0.15) is 0 Å². The Morgan fingerprint density at radius 2 is 2.29 bits per heavy atom. The molecule has 2 rings (SSSR count). The number of likely N-dealkylation sites (N-methyl/N-ethyl adjacent to an activating group) is 1. The number of aromatic nitrogens is 1. The van der Waals surface area contributed by atoms with Gasteiger partial charge in [0.25, 0.3) is 0 Å². The van der Waals surface area contributed by atoms with Crippen LogP contribution >= 0.6 is 11.3 Å². The van der Waals surface area contributed by atoms with Crippen LogP contribution in [0.1, 0.15) is 18.5 Å². The molecule has 3 N–H and O–H groups in total. The molecule has 2 heterocycles. The van der Waals surface area contributed by atoms with Gasteiger partial charge in [-0.3, -0.25) is 9.69 Å². The second-order valence-corrected chi connectivity index (χ2v) is 6.45. The number of hydrogen-bond acceptors (Lipinski definition) is 6. The Morgan fingerprint density at radius 1 is 1.43 bits per heavy atom. The second-order valence-electron chi connectivity index (χ2n) is 5.56. The van der Waals surface area contributed by atoms with Gasteiger partial charge in [0, 0.05) is 25.0 Å². The molecule has 0 radical (unpaired) electrons. The number of carbonyl (C=O) groups excluding carboxylic acids is 1. The van der Waals surface area contributed by atoms with Gasteiger partial charge in [-0.1, -0.05) is 0 Å². The molecule has 1 saturated heterocycles. The van der Waals surface area contributed by atoms with E-state index in [-0.39, 0.29) is 5.91 Å². The zero-order valence-corrected chi connectivity index (χ0v) is 13.5. The molecule has 118 valence electrons. The summed E-state index contributed by atoms with van der Waals surface area (Å²) in [6.45, 7) is 5.35. The maximum atomic E-state index is 11.9. The summed E-state index contributed by atoms with van der Waals surface area (Å²) in [5.41, 5.74) is 6.60. The summed E-state index contributed by atoms with van der Waals surface area (Å²) in [6, 6.07) is 0. The van der Waals surface area contributed by atoms with Crippen LogP contribution in [0.25, 0.3) is 0 Å². The third-order valence-electron chi connectivity index (χ3n) is 3.68. The van der Waals surface area contributed by atoms with Crippen molar-refractivity contribution in [3.8, 4) is 0 Å². The number of aryl methyl sites for hydroxylation is 1. The number of rotatable bonds is 6. The molecule has 0 bridgehead atoms. The van der Waals surface area contributed by atoms with Gasteiger partial charge in [-0.05, 0) is 39.4 Å². The molecule has 1 amide bonds. The van der Waals surface area contributed by atoms with Crippen molar-refractivity contribution in [1.29, 1.82) is 0 Å². The Hall–Kier alpha value is -1.18. The van der Waals surface area contributed by atoms with E-state index in [4.69, 9.17) is 5.73 Å². The van der Waals surface area contributed by atoms with E-state index < -0.39 is 0 Å². The number of nitrogens with zero attached hydrogens (tertiary/aromatic N) is 3. The number of anilines is 1. The topological polar surface area (TPSA) is 74.5 Å². The number of hydrogen-bond donors (Lipinski definition) is 2. The number of nitrogens with two attached hydrogens (primary N) is 1. The summed E-state index contributed by atoms with van der Waals surface area (Å²) in [4.78, 5) is 20.7. The molecule has 1 fully saturated rings. The Kier molecular flexibility index (Phi) is 6.41. The molecule has 0 aliphatic carbocycles. The van der Waals surface area contributed by atoms with Crippen LogP contribution in [0.3, 0.4) is 0 Å². The summed E-state index contributed by atoms with van der Waals surface area (Å²) in [5.74, 6) is 0.123. The van der Waals surface area contributed by atoms with Crippen molar-refractivity contribution >= 4 is 22.4 Å². The molecule has 0 spiro atoms. The minimum Gasteiger partial charge on any atom is -0.375 e. The van der Waals surface area contributed by atoms with E-state index >= 15 is 0 Å². The van der Waals surface area contributed by atoms with Gasteiger partial charge < -0.3 is 16.0 Å². The van der Waals surface area contributed by atoms with E-state index in [9.17, 15) is 4.79 Å². The third kappa shape index (κ3) is 5.99. The molecule has 21 heavy (non-hydrogen) atoms. The van der Waals surface area contributed by atoms with Crippen LogP contribution in [-0.2, 0) is 11.2 Å². The van der Waals surface area contributed by atoms with Crippen LogP contribution in [-0.4, -0.2) is 67.0 Å². The third-order valence-corrected chi connectivity index (χ3v) is 4.40. The van der Waals surface area contributed by atoms with Crippen molar-refractivity contribution in [2.75, 3.05) is 52.0 Å². The zero-order chi connectivity index (χ0) is 15.1. The van der Waals surface area contributed by atoms with Crippen molar-refractivity contribution in [1.82, 2.24) is 20.1 Å². The van der Waals surface area contributed by atoms with Gasteiger partial charge in [-0.25, -0.2) is 4.98 Å². The van der Waals surface area contributed by atoms with E-state index in [0.29, 0.717) is 18.2 Å². The zero-order valence-electron chi connectivity index (χ0n) is 12.7. The van der Waals surface area contributed by atoms with Gasteiger partial charge in [0.05, 0.1) is 12.2 Å². The summed E-state index contributed by atoms with van der Waals surface area (Å²) in [7, 11) is 2.13. The molecule has 0 unspecified atom stereocenters. The van der Waals surface area contributed by atoms with E-state index in [0.717, 1.165) is 51.1 Å². The smallest absolute Gasteiger partial charge is 0.234 e. The van der Waals surface area contributed by atoms with E-state index in [2.05, 4.69) is 27.1 Å². The van der Waals surface area contributed by atoms with Crippen LogP contribution in [0.4, 0.5) is 5.13 Å². The Balaban J connectivity index is 1.59. The highest BCUT2D eigenvalue weighted by Crippen LogP contribution is 2.12. The fraction of sp³-hybridized carbons (Fsp3) is 0.714. The van der Waals surface area contributed by atoms with Gasteiger partial charge in [-0.2, -0.15) is 0 Å². The summed E-state index contributed by atoms with van der Waals surface area (Å²) >= 11 is 1.46. The number of carbonyl (C=O) groups is 1. The predicted molar refractivity (Wildman–Crippen MR) is 86.4 cm³/mol. The quantitative estimate of drug-likeness (QED) is 0.745. The normalized spacial score (nSPS) is 17.6. The Labute approximate surface area is 130 Å². The van der Waals surface area contributed by atoms with Crippen molar-refractivity contribution in [2.24, 2.45) is 0 Å². The number of nitrogens with one attached hydrogen (secondary N) is 1. The minimum atomic E-state index is 0.123.